The smallest absolute Gasteiger partial charge is 0.160 e. The Morgan fingerprint density at radius 3 is 1.63 bits per heavy atom. The molecule has 3 nitrogen and oxygen atoms in total. The summed E-state index contributed by atoms with van der Waals surface area (Å²) >= 11 is 0. The first kappa shape index (κ1) is 33.3. The maximum absolute atomic E-state index is 6.92. The monoisotopic (exact) mass is 753 g/mol. The number of furan rings is 2. The molecule has 276 valence electrons. The summed E-state index contributed by atoms with van der Waals surface area (Å²) in [5.74, 6) is 0. The molecule has 0 unspecified atom stereocenters. The Morgan fingerprint density at radius 2 is 0.864 bits per heavy atom. The molecule has 0 aliphatic heterocycles. The van der Waals surface area contributed by atoms with E-state index in [4.69, 9.17) is 8.83 Å². The number of anilines is 3. The van der Waals surface area contributed by atoms with Crippen LogP contribution in [0, 0.1) is 0 Å². The second-order valence-corrected chi connectivity index (χ2v) is 15.3. The third-order valence-corrected chi connectivity index (χ3v) is 11.9. The normalized spacial score (nSPS) is 11.7. The Morgan fingerprint density at radius 1 is 0.305 bits per heavy atom. The van der Waals surface area contributed by atoms with E-state index in [1.165, 1.54) is 32.7 Å². The fourth-order valence-corrected chi connectivity index (χ4v) is 8.98. The molecule has 0 amide bonds. The van der Waals surface area contributed by atoms with Crippen molar-refractivity contribution in [3.63, 3.8) is 0 Å². The highest BCUT2D eigenvalue weighted by Gasteiger charge is 2.23. The summed E-state index contributed by atoms with van der Waals surface area (Å²) in [6, 6.07) is 75.7. The predicted octanol–water partition coefficient (Wildman–Crippen LogP) is 16.3. The summed E-state index contributed by atoms with van der Waals surface area (Å²) in [6.45, 7) is 0. The van der Waals surface area contributed by atoms with Crippen LogP contribution in [0.1, 0.15) is 0 Å². The van der Waals surface area contributed by atoms with Gasteiger partial charge < -0.3 is 13.7 Å². The first-order valence-electron chi connectivity index (χ1n) is 20.1. The van der Waals surface area contributed by atoms with Crippen molar-refractivity contribution in [3.8, 4) is 33.4 Å². The Hall–Kier alpha value is -7.88. The van der Waals surface area contributed by atoms with Gasteiger partial charge in [-0.3, -0.25) is 0 Å². The molecule has 12 rings (SSSR count). The fourth-order valence-electron chi connectivity index (χ4n) is 8.98. The standard InChI is InChI=1S/C56H35NO2/c1-2-12-40-34-41(21-20-36(40)10-1)37-22-27-43(28-23-37)57(44-29-24-38(25-30-44)42-26-31-48-47-15-5-7-18-52(47)58-54(48)35-42)51-33-32-49(46-17-9-13-39-11-3-4-14-45(39)46)55-50-16-6-8-19-53(50)59-56(51)55/h1-35H. The Bertz CT molecular complexity index is 3550. The minimum atomic E-state index is 0.842. The van der Waals surface area contributed by atoms with Crippen molar-refractivity contribution in [2.24, 2.45) is 0 Å². The van der Waals surface area contributed by atoms with Crippen LogP contribution in [-0.2, 0) is 0 Å². The molecule has 0 fully saturated rings. The van der Waals surface area contributed by atoms with Gasteiger partial charge in [-0.15, -0.1) is 0 Å². The van der Waals surface area contributed by atoms with E-state index in [0.29, 0.717) is 0 Å². The van der Waals surface area contributed by atoms with Gasteiger partial charge in [-0.1, -0.05) is 152 Å². The first-order valence-corrected chi connectivity index (χ1v) is 20.1. The fraction of sp³-hybridized carbons (Fsp3) is 0. The van der Waals surface area contributed by atoms with Gasteiger partial charge in [0.25, 0.3) is 0 Å². The molecule has 59 heavy (non-hydrogen) atoms. The summed E-state index contributed by atoms with van der Waals surface area (Å²) in [7, 11) is 0. The van der Waals surface area contributed by atoms with E-state index in [-0.39, 0.29) is 0 Å². The Labute approximate surface area is 340 Å². The molecule has 0 bridgehead atoms. The van der Waals surface area contributed by atoms with Gasteiger partial charge in [-0.2, -0.15) is 0 Å². The molecule has 0 aliphatic rings. The highest BCUT2D eigenvalue weighted by molar-refractivity contribution is 6.19. The van der Waals surface area contributed by atoms with Crippen molar-refractivity contribution >= 4 is 82.5 Å². The number of hydrogen-bond acceptors (Lipinski definition) is 3. The van der Waals surface area contributed by atoms with Gasteiger partial charge in [-0.05, 0) is 116 Å². The molecule has 3 heteroatoms. The molecule has 10 aromatic carbocycles. The minimum absolute atomic E-state index is 0.842. The molecule has 0 radical (unpaired) electrons. The van der Waals surface area contributed by atoms with E-state index in [1.54, 1.807) is 0 Å². The lowest BCUT2D eigenvalue weighted by molar-refractivity contribution is 0.668. The topological polar surface area (TPSA) is 29.5 Å². The van der Waals surface area contributed by atoms with E-state index in [2.05, 4.69) is 199 Å². The van der Waals surface area contributed by atoms with Crippen molar-refractivity contribution in [1.82, 2.24) is 0 Å². The minimum Gasteiger partial charge on any atom is -0.456 e. The van der Waals surface area contributed by atoms with Gasteiger partial charge >= 0.3 is 0 Å². The van der Waals surface area contributed by atoms with Crippen LogP contribution >= 0.6 is 0 Å². The molecule has 0 N–H and O–H groups in total. The van der Waals surface area contributed by atoms with Gasteiger partial charge in [0, 0.05) is 32.9 Å². The summed E-state index contributed by atoms with van der Waals surface area (Å²) in [5.41, 5.74) is 13.4. The van der Waals surface area contributed by atoms with E-state index >= 15 is 0 Å². The van der Waals surface area contributed by atoms with Crippen molar-refractivity contribution in [3.05, 3.63) is 212 Å². The average Bonchev–Trinajstić information content (AvgIpc) is 3.88. The van der Waals surface area contributed by atoms with Crippen molar-refractivity contribution in [2.45, 2.75) is 0 Å². The van der Waals surface area contributed by atoms with Crippen molar-refractivity contribution in [1.29, 1.82) is 0 Å². The van der Waals surface area contributed by atoms with E-state index in [1.807, 2.05) is 18.2 Å². The van der Waals surface area contributed by atoms with Gasteiger partial charge in [0.15, 0.2) is 5.58 Å². The molecule has 0 atom stereocenters. The molecular weight excluding hydrogens is 719 g/mol. The molecule has 0 saturated heterocycles. The first-order chi connectivity index (χ1) is 29.2. The van der Waals surface area contributed by atoms with Crippen LogP contribution in [0.25, 0.3) is 98.8 Å². The zero-order valence-corrected chi connectivity index (χ0v) is 32.0. The SMILES string of the molecule is c1ccc2cc(-c3ccc(N(c4ccc(-c5ccc6c(c5)oc5ccccc56)cc4)c4ccc(-c5cccc6ccccc56)c5c4oc4ccccc45)cc3)ccc2c1. The lowest BCUT2D eigenvalue weighted by Crippen LogP contribution is -2.10. The van der Waals surface area contributed by atoms with Crippen molar-refractivity contribution < 1.29 is 8.83 Å². The van der Waals surface area contributed by atoms with E-state index < -0.39 is 0 Å². The van der Waals surface area contributed by atoms with Gasteiger partial charge in [-0.25, -0.2) is 0 Å². The number of benzene rings is 10. The van der Waals surface area contributed by atoms with Crippen LogP contribution in [0.2, 0.25) is 0 Å². The maximum atomic E-state index is 6.92. The summed E-state index contributed by atoms with van der Waals surface area (Å²) in [6.07, 6.45) is 0. The summed E-state index contributed by atoms with van der Waals surface area (Å²) in [5, 5.41) is 9.35. The van der Waals surface area contributed by atoms with Crippen LogP contribution in [0.15, 0.2) is 221 Å². The molecule has 0 spiro atoms. The summed E-state index contributed by atoms with van der Waals surface area (Å²) < 4.78 is 13.2. The van der Waals surface area contributed by atoms with Gasteiger partial charge in [0.05, 0.1) is 5.69 Å². The van der Waals surface area contributed by atoms with Crippen LogP contribution in [0.5, 0.6) is 0 Å². The number of hydrogen-bond donors (Lipinski definition) is 0. The number of para-hydroxylation sites is 2. The quantitative estimate of drug-likeness (QED) is 0.169. The zero-order chi connectivity index (χ0) is 38.9. The maximum Gasteiger partial charge on any atom is 0.160 e. The van der Waals surface area contributed by atoms with E-state index in [9.17, 15) is 0 Å². The highest BCUT2D eigenvalue weighted by Crippen LogP contribution is 2.47. The van der Waals surface area contributed by atoms with Crippen molar-refractivity contribution in [2.75, 3.05) is 4.90 Å². The second-order valence-electron chi connectivity index (χ2n) is 15.3. The van der Waals surface area contributed by atoms with Crippen LogP contribution in [0.4, 0.5) is 17.1 Å². The summed E-state index contributed by atoms with van der Waals surface area (Å²) in [4.78, 5) is 2.33. The highest BCUT2D eigenvalue weighted by atomic mass is 16.3. The third-order valence-electron chi connectivity index (χ3n) is 11.9. The molecule has 2 heterocycles. The predicted molar refractivity (Wildman–Crippen MR) is 247 cm³/mol. The largest absolute Gasteiger partial charge is 0.456 e. The van der Waals surface area contributed by atoms with E-state index in [0.717, 1.165) is 83.2 Å². The van der Waals surface area contributed by atoms with Crippen LogP contribution < -0.4 is 4.90 Å². The molecular formula is C56H35NO2. The second kappa shape index (κ2) is 13.4. The Balaban J connectivity index is 1.03. The van der Waals surface area contributed by atoms with Crippen LogP contribution in [0.3, 0.4) is 0 Å². The molecule has 0 aliphatic carbocycles. The van der Waals surface area contributed by atoms with Crippen LogP contribution in [-0.4, -0.2) is 0 Å². The number of nitrogens with zero attached hydrogens (tertiary/aromatic N) is 1. The molecule has 0 saturated carbocycles. The molecule has 12 aromatic rings. The number of rotatable bonds is 6. The third kappa shape index (κ3) is 5.51. The Kier molecular flexibility index (Phi) is 7.54. The molecule has 2 aromatic heterocycles. The number of fused-ring (bicyclic) bond motifs is 8. The van der Waals surface area contributed by atoms with Gasteiger partial charge in [0.1, 0.15) is 16.7 Å². The lowest BCUT2D eigenvalue weighted by Gasteiger charge is -2.26. The van der Waals surface area contributed by atoms with Gasteiger partial charge in [0.2, 0.25) is 0 Å². The zero-order valence-electron chi connectivity index (χ0n) is 32.0. The lowest BCUT2D eigenvalue weighted by atomic mass is 9.94. The average molecular weight is 754 g/mol.